The summed E-state index contributed by atoms with van der Waals surface area (Å²) in [7, 11) is 0. The van der Waals surface area contributed by atoms with Crippen molar-refractivity contribution in [1.29, 1.82) is 0 Å². The van der Waals surface area contributed by atoms with Crippen molar-refractivity contribution in [2.24, 2.45) is 0 Å². The van der Waals surface area contributed by atoms with Gasteiger partial charge in [0.15, 0.2) is 11.6 Å². The minimum absolute atomic E-state index is 0.300. The predicted octanol–water partition coefficient (Wildman–Crippen LogP) is 2.92. The zero-order valence-corrected chi connectivity index (χ0v) is 10.0. The summed E-state index contributed by atoms with van der Waals surface area (Å²) in [6, 6.07) is 8.18. The molecule has 0 amide bonds. The number of rotatable bonds is 2. The van der Waals surface area contributed by atoms with Crippen LogP contribution in [0.5, 0.6) is 0 Å². The van der Waals surface area contributed by atoms with E-state index in [0.717, 1.165) is 4.88 Å². The zero-order chi connectivity index (χ0) is 12.5. The molecular weight excluding hydrogens is 251 g/mol. The van der Waals surface area contributed by atoms with Crippen LogP contribution < -0.4 is 5.73 Å². The number of thiophene rings is 1. The van der Waals surface area contributed by atoms with Crippen LogP contribution in [-0.2, 0) is 0 Å². The molecule has 90 valence electrons. The molecule has 3 N–H and O–H groups in total. The van der Waals surface area contributed by atoms with Crippen LogP contribution in [0.1, 0.15) is 0 Å². The molecular formula is C12H9FN4S. The number of halogens is 1. The summed E-state index contributed by atoms with van der Waals surface area (Å²) in [4.78, 5) is 5.23. The fourth-order valence-corrected chi connectivity index (χ4v) is 2.28. The Kier molecular flexibility index (Phi) is 2.56. The average Bonchev–Trinajstić information content (AvgIpc) is 3.00. The molecule has 3 aromatic rings. The average molecular weight is 260 g/mol. The second kappa shape index (κ2) is 4.23. The molecule has 0 aliphatic carbocycles. The lowest BCUT2D eigenvalue weighted by molar-refractivity contribution is 0.630. The first-order chi connectivity index (χ1) is 8.74. The van der Waals surface area contributed by atoms with Crippen LogP contribution in [-0.4, -0.2) is 15.2 Å². The maximum absolute atomic E-state index is 13.7. The Bertz CT molecular complexity index is 675. The molecule has 0 radical (unpaired) electrons. The van der Waals surface area contributed by atoms with Gasteiger partial charge in [-0.3, -0.25) is 5.10 Å². The van der Waals surface area contributed by atoms with Crippen molar-refractivity contribution >= 4 is 17.0 Å². The fourth-order valence-electron chi connectivity index (χ4n) is 1.62. The zero-order valence-electron chi connectivity index (χ0n) is 9.22. The van der Waals surface area contributed by atoms with E-state index in [1.165, 1.54) is 29.5 Å². The third-order valence-electron chi connectivity index (χ3n) is 2.47. The minimum Gasteiger partial charge on any atom is -0.399 e. The number of H-pyrrole nitrogens is 1. The Morgan fingerprint density at radius 1 is 1.28 bits per heavy atom. The molecule has 6 heteroatoms. The first-order valence-corrected chi connectivity index (χ1v) is 6.13. The SMILES string of the molecule is Nc1ccc(F)c(-c2n[nH]c(-c3cccs3)n2)c1. The molecule has 0 bridgehead atoms. The van der Waals surface area contributed by atoms with E-state index in [9.17, 15) is 4.39 Å². The van der Waals surface area contributed by atoms with Gasteiger partial charge in [-0.15, -0.1) is 11.3 Å². The van der Waals surface area contributed by atoms with Crippen molar-refractivity contribution in [3.8, 4) is 22.1 Å². The van der Waals surface area contributed by atoms with Gasteiger partial charge in [-0.05, 0) is 29.6 Å². The molecule has 18 heavy (non-hydrogen) atoms. The number of aromatic nitrogens is 3. The van der Waals surface area contributed by atoms with Crippen molar-refractivity contribution in [3.63, 3.8) is 0 Å². The normalized spacial score (nSPS) is 10.7. The van der Waals surface area contributed by atoms with Crippen molar-refractivity contribution in [1.82, 2.24) is 15.2 Å². The highest BCUT2D eigenvalue weighted by atomic mass is 32.1. The summed E-state index contributed by atoms with van der Waals surface area (Å²) in [5, 5.41) is 8.76. The van der Waals surface area contributed by atoms with E-state index in [0.29, 0.717) is 22.9 Å². The second-order valence-corrected chi connectivity index (χ2v) is 4.67. The predicted molar refractivity (Wildman–Crippen MR) is 69.5 cm³/mol. The second-order valence-electron chi connectivity index (χ2n) is 3.72. The summed E-state index contributed by atoms with van der Waals surface area (Å²) < 4.78 is 13.7. The van der Waals surface area contributed by atoms with Crippen LogP contribution >= 0.6 is 11.3 Å². The molecule has 0 aliphatic rings. The van der Waals surface area contributed by atoms with Crippen LogP contribution in [0, 0.1) is 5.82 Å². The van der Waals surface area contributed by atoms with E-state index in [4.69, 9.17) is 5.73 Å². The third-order valence-corrected chi connectivity index (χ3v) is 3.35. The van der Waals surface area contributed by atoms with Gasteiger partial charge in [-0.25, -0.2) is 9.37 Å². The molecule has 0 fully saturated rings. The molecule has 0 aliphatic heterocycles. The van der Waals surface area contributed by atoms with E-state index in [1.807, 2.05) is 17.5 Å². The summed E-state index contributed by atoms with van der Waals surface area (Å²) >= 11 is 1.54. The number of nitrogens with two attached hydrogens (primary N) is 1. The lowest BCUT2D eigenvalue weighted by atomic mass is 10.2. The number of nitrogen functional groups attached to an aromatic ring is 1. The van der Waals surface area contributed by atoms with Crippen LogP contribution in [0.25, 0.3) is 22.1 Å². The Morgan fingerprint density at radius 3 is 2.94 bits per heavy atom. The van der Waals surface area contributed by atoms with Gasteiger partial charge < -0.3 is 5.73 Å². The molecule has 0 spiro atoms. The van der Waals surface area contributed by atoms with Gasteiger partial charge in [-0.1, -0.05) is 6.07 Å². The number of aromatic amines is 1. The van der Waals surface area contributed by atoms with Gasteiger partial charge >= 0.3 is 0 Å². The van der Waals surface area contributed by atoms with Crippen molar-refractivity contribution < 1.29 is 4.39 Å². The van der Waals surface area contributed by atoms with E-state index >= 15 is 0 Å². The van der Waals surface area contributed by atoms with Crippen LogP contribution in [0.3, 0.4) is 0 Å². The lowest BCUT2D eigenvalue weighted by Crippen LogP contribution is -1.91. The van der Waals surface area contributed by atoms with E-state index in [-0.39, 0.29) is 5.82 Å². The molecule has 3 rings (SSSR count). The highest BCUT2D eigenvalue weighted by molar-refractivity contribution is 7.13. The Labute approximate surface area is 106 Å². The number of nitrogens with one attached hydrogen (secondary N) is 1. The van der Waals surface area contributed by atoms with Gasteiger partial charge in [0, 0.05) is 5.69 Å². The van der Waals surface area contributed by atoms with E-state index in [2.05, 4.69) is 15.2 Å². The molecule has 2 aromatic heterocycles. The minimum atomic E-state index is -0.388. The first-order valence-electron chi connectivity index (χ1n) is 5.26. The molecule has 0 saturated heterocycles. The number of hydrogen-bond acceptors (Lipinski definition) is 4. The summed E-state index contributed by atoms with van der Waals surface area (Å²) in [6.07, 6.45) is 0. The van der Waals surface area contributed by atoms with Crippen molar-refractivity contribution in [2.75, 3.05) is 5.73 Å². The van der Waals surface area contributed by atoms with E-state index in [1.54, 1.807) is 0 Å². The molecule has 0 unspecified atom stereocenters. The monoisotopic (exact) mass is 260 g/mol. The van der Waals surface area contributed by atoms with Gasteiger partial charge in [0.05, 0.1) is 10.4 Å². The topological polar surface area (TPSA) is 67.6 Å². The van der Waals surface area contributed by atoms with Gasteiger partial charge in [0.1, 0.15) is 5.82 Å². The maximum atomic E-state index is 13.7. The number of anilines is 1. The summed E-state index contributed by atoms with van der Waals surface area (Å²) in [5.41, 5.74) is 6.42. The standard InChI is InChI=1S/C12H9FN4S/c13-9-4-3-7(14)6-8(9)11-15-12(17-16-11)10-2-1-5-18-10/h1-6H,14H2,(H,15,16,17). The van der Waals surface area contributed by atoms with Crippen molar-refractivity contribution in [3.05, 3.63) is 41.5 Å². The summed E-state index contributed by atoms with van der Waals surface area (Å²) in [6.45, 7) is 0. The highest BCUT2D eigenvalue weighted by Crippen LogP contribution is 2.26. The Hall–Kier alpha value is -2.21. The Morgan fingerprint density at radius 2 is 2.17 bits per heavy atom. The van der Waals surface area contributed by atoms with E-state index < -0.39 is 0 Å². The van der Waals surface area contributed by atoms with Crippen LogP contribution in [0.2, 0.25) is 0 Å². The number of benzene rings is 1. The fraction of sp³-hybridized carbons (Fsp3) is 0. The van der Waals surface area contributed by atoms with Gasteiger partial charge in [0.2, 0.25) is 0 Å². The molecule has 1 aromatic carbocycles. The maximum Gasteiger partial charge on any atom is 0.184 e. The van der Waals surface area contributed by atoms with Crippen LogP contribution in [0.15, 0.2) is 35.7 Å². The number of nitrogens with zero attached hydrogens (tertiary/aromatic N) is 2. The first kappa shape index (κ1) is 10.9. The van der Waals surface area contributed by atoms with Gasteiger partial charge in [0.25, 0.3) is 0 Å². The molecule has 2 heterocycles. The highest BCUT2D eigenvalue weighted by Gasteiger charge is 2.12. The smallest absolute Gasteiger partial charge is 0.184 e. The molecule has 4 nitrogen and oxygen atoms in total. The van der Waals surface area contributed by atoms with Gasteiger partial charge in [-0.2, -0.15) is 5.10 Å². The summed E-state index contributed by atoms with van der Waals surface area (Å²) in [5.74, 6) is 0.547. The molecule has 0 atom stereocenters. The number of hydrogen-bond donors (Lipinski definition) is 2. The Balaban J connectivity index is 2.05. The third kappa shape index (κ3) is 1.86. The lowest BCUT2D eigenvalue weighted by Gasteiger charge is -1.99. The largest absolute Gasteiger partial charge is 0.399 e. The van der Waals surface area contributed by atoms with Crippen LogP contribution in [0.4, 0.5) is 10.1 Å². The quantitative estimate of drug-likeness (QED) is 0.696. The molecule has 0 saturated carbocycles. The van der Waals surface area contributed by atoms with Crippen molar-refractivity contribution in [2.45, 2.75) is 0 Å².